The Balaban J connectivity index is 2.70. The van der Waals surface area contributed by atoms with Crippen LogP contribution in [-0.2, 0) is 26.6 Å². The van der Waals surface area contributed by atoms with E-state index < -0.39 is 26.8 Å². The quantitative estimate of drug-likeness (QED) is 0.738. The molecule has 0 amide bonds. The van der Waals surface area contributed by atoms with Crippen molar-refractivity contribution in [2.75, 3.05) is 12.0 Å². The number of carboxylic acid groups (broad SMARTS) is 1. The van der Waals surface area contributed by atoms with Crippen molar-refractivity contribution in [2.24, 2.45) is 0 Å². The van der Waals surface area contributed by atoms with Gasteiger partial charge in [-0.2, -0.15) is 0 Å². The Bertz CT molecular complexity index is 627. The van der Waals surface area contributed by atoms with Gasteiger partial charge >= 0.3 is 5.97 Å². The minimum absolute atomic E-state index is 0.0529. The fourth-order valence-corrected chi connectivity index (χ4v) is 3.88. The van der Waals surface area contributed by atoms with E-state index in [1.807, 2.05) is 0 Å². The molecule has 0 saturated carbocycles. The van der Waals surface area contributed by atoms with Crippen LogP contribution >= 0.6 is 0 Å². The molecule has 2 unspecified atom stereocenters. The van der Waals surface area contributed by atoms with E-state index in [2.05, 4.69) is 4.72 Å². The van der Waals surface area contributed by atoms with E-state index in [0.717, 1.165) is 0 Å². The van der Waals surface area contributed by atoms with Gasteiger partial charge in [0.1, 0.15) is 0 Å². The molecular weight excluding hydrogens is 314 g/mol. The van der Waals surface area contributed by atoms with Gasteiger partial charge in [0.25, 0.3) is 0 Å². The van der Waals surface area contributed by atoms with E-state index in [-0.39, 0.29) is 17.4 Å². The van der Waals surface area contributed by atoms with Crippen LogP contribution in [0.2, 0.25) is 0 Å². The highest BCUT2D eigenvalue weighted by atomic mass is 32.2. The topological polar surface area (TPSA) is 101 Å². The fourth-order valence-electron chi connectivity index (χ4n) is 1.76. The van der Waals surface area contributed by atoms with Gasteiger partial charge in [0, 0.05) is 28.9 Å². The minimum atomic E-state index is -3.57. The smallest absolute Gasteiger partial charge is 0.335 e. The third kappa shape index (κ3) is 6.83. The minimum Gasteiger partial charge on any atom is -0.478 e. The molecule has 8 heteroatoms. The third-order valence-electron chi connectivity index (χ3n) is 2.75. The van der Waals surface area contributed by atoms with Crippen LogP contribution in [0.25, 0.3) is 0 Å². The highest BCUT2D eigenvalue weighted by Crippen LogP contribution is 2.09. The van der Waals surface area contributed by atoms with Crippen LogP contribution in [0.3, 0.4) is 0 Å². The first-order valence-corrected chi connectivity index (χ1v) is 9.70. The number of nitrogens with one attached hydrogen (secondary N) is 1. The Kier molecular flexibility index (Phi) is 6.50. The Hall–Kier alpha value is -1.25. The Morgan fingerprint density at radius 3 is 2.67 bits per heavy atom. The maximum Gasteiger partial charge on any atom is 0.335 e. The molecule has 6 nitrogen and oxygen atoms in total. The zero-order valence-electron chi connectivity index (χ0n) is 11.9. The first-order valence-electron chi connectivity index (χ1n) is 6.32. The van der Waals surface area contributed by atoms with E-state index in [0.29, 0.717) is 17.7 Å². The van der Waals surface area contributed by atoms with E-state index in [1.54, 1.807) is 19.2 Å². The first kappa shape index (κ1) is 17.8. The summed E-state index contributed by atoms with van der Waals surface area (Å²) in [4.78, 5) is 10.9. The number of benzene rings is 1. The molecule has 0 aliphatic carbocycles. The van der Waals surface area contributed by atoms with Gasteiger partial charge in [-0.3, -0.25) is 4.21 Å². The van der Waals surface area contributed by atoms with Gasteiger partial charge in [0.05, 0.1) is 11.3 Å². The molecule has 0 spiro atoms. The number of hydrogen-bond donors (Lipinski definition) is 2. The van der Waals surface area contributed by atoms with Crippen LogP contribution in [0.5, 0.6) is 0 Å². The summed E-state index contributed by atoms with van der Waals surface area (Å²) in [5.41, 5.74) is 0.464. The lowest BCUT2D eigenvalue weighted by Gasteiger charge is -2.13. The maximum absolute atomic E-state index is 12.0. The molecule has 0 aromatic heterocycles. The number of sulfonamides is 1. The van der Waals surface area contributed by atoms with Crippen LogP contribution in [-0.4, -0.2) is 41.8 Å². The molecule has 0 radical (unpaired) electrons. The molecule has 21 heavy (non-hydrogen) atoms. The van der Waals surface area contributed by atoms with Crippen molar-refractivity contribution in [2.45, 2.75) is 25.1 Å². The standard InChI is InChI=1S/C13H19NO5S2/c1-10(6-7-20(2)17)14-21(18,19)9-11-4-3-5-12(8-11)13(15)16/h3-5,8,10,14H,6-7,9H2,1-2H3,(H,15,16). The maximum atomic E-state index is 12.0. The van der Waals surface area contributed by atoms with Crippen molar-refractivity contribution < 1.29 is 22.5 Å². The van der Waals surface area contributed by atoms with Crippen molar-refractivity contribution in [1.29, 1.82) is 0 Å². The van der Waals surface area contributed by atoms with Crippen LogP contribution in [0.15, 0.2) is 24.3 Å². The summed E-state index contributed by atoms with van der Waals surface area (Å²) < 4.78 is 37.5. The lowest BCUT2D eigenvalue weighted by Crippen LogP contribution is -2.34. The molecule has 118 valence electrons. The average Bonchev–Trinajstić information content (AvgIpc) is 2.35. The van der Waals surface area contributed by atoms with Gasteiger partial charge in [0.15, 0.2) is 0 Å². The second-order valence-corrected chi connectivity index (χ2v) is 8.16. The molecule has 0 aliphatic rings. The van der Waals surface area contributed by atoms with Crippen LogP contribution in [0.4, 0.5) is 0 Å². The molecule has 2 N–H and O–H groups in total. The second kappa shape index (κ2) is 7.67. The van der Waals surface area contributed by atoms with Crippen LogP contribution in [0, 0.1) is 0 Å². The fraction of sp³-hybridized carbons (Fsp3) is 0.462. The van der Waals surface area contributed by atoms with Crippen molar-refractivity contribution in [3.8, 4) is 0 Å². The highest BCUT2D eigenvalue weighted by Gasteiger charge is 2.16. The third-order valence-corrected chi connectivity index (χ3v) is 5.04. The van der Waals surface area contributed by atoms with Crippen molar-refractivity contribution in [1.82, 2.24) is 4.72 Å². The van der Waals surface area contributed by atoms with E-state index in [9.17, 15) is 17.4 Å². The zero-order valence-corrected chi connectivity index (χ0v) is 13.5. The number of carbonyl (C=O) groups is 1. The summed E-state index contributed by atoms with van der Waals surface area (Å²) in [5, 5.41) is 8.88. The van der Waals surface area contributed by atoms with Gasteiger partial charge in [-0.05, 0) is 31.0 Å². The van der Waals surface area contributed by atoms with E-state index >= 15 is 0 Å². The Morgan fingerprint density at radius 2 is 2.10 bits per heavy atom. The van der Waals surface area contributed by atoms with Gasteiger partial charge in [-0.15, -0.1) is 0 Å². The summed E-state index contributed by atoms with van der Waals surface area (Å²) in [6.45, 7) is 1.71. The van der Waals surface area contributed by atoms with Crippen molar-refractivity contribution in [3.63, 3.8) is 0 Å². The predicted octanol–water partition coefficient (Wildman–Crippen LogP) is 0.961. The lowest BCUT2D eigenvalue weighted by molar-refractivity contribution is 0.0696. The number of aromatic carboxylic acids is 1. The molecule has 0 heterocycles. The molecule has 0 fully saturated rings. The van der Waals surface area contributed by atoms with Crippen molar-refractivity contribution in [3.05, 3.63) is 35.4 Å². The average molecular weight is 333 g/mol. The SMILES string of the molecule is CC(CCS(C)=O)NS(=O)(=O)Cc1cccc(C(=O)O)c1. The summed E-state index contributed by atoms with van der Waals surface area (Å²) in [7, 11) is -4.53. The van der Waals surface area contributed by atoms with Crippen LogP contribution in [0.1, 0.15) is 29.3 Å². The predicted molar refractivity (Wildman–Crippen MR) is 82.2 cm³/mol. The monoisotopic (exact) mass is 333 g/mol. The summed E-state index contributed by atoms with van der Waals surface area (Å²) in [6, 6.07) is 5.51. The highest BCUT2D eigenvalue weighted by molar-refractivity contribution is 7.88. The molecule has 0 aliphatic heterocycles. The molecule has 1 aromatic rings. The van der Waals surface area contributed by atoms with E-state index in [4.69, 9.17) is 5.11 Å². The normalized spacial score (nSPS) is 14.6. The first-order chi connectivity index (χ1) is 9.69. The summed E-state index contributed by atoms with van der Waals surface area (Å²) in [6.07, 6.45) is 2.05. The Labute approximate surface area is 127 Å². The molecule has 0 saturated heterocycles. The molecule has 2 atom stereocenters. The van der Waals surface area contributed by atoms with Gasteiger partial charge in [0.2, 0.25) is 10.0 Å². The second-order valence-electron chi connectivity index (χ2n) is 4.85. The molecular formula is C13H19NO5S2. The number of hydrogen-bond acceptors (Lipinski definition) is 4. The van der Waals surface area contributed by atoms with Gasteiger partial charge in [-0.25, -0.2) is 17.9 Å². The lowest BCUT2D eigenvalue weighted by atomic mass is 10.1. The molecule has 1 aromatic carbocycles. The molecule has 1 rings (SSSR count). The molecule has 0 bridgehead atoms. The Morgan fingerprint density at radius 1 is 1.43 bits per heavy atom. The summed E-state index contributed by atoms with van der Waals surface area (Å²) in [5.74, 6) is -0.952. The zero-order chi connectivity index (χ0) is 16.0. The number of rotatable bonds is 8. The van der Waals surface area contributed by atoms with E-state index in [1.165, 1.54) is 18.2 Å². The van der Waals surface area contributed by atoms with Gasteiger partial charge < -0.3 is 5.11 Å². The summed E-state index contributed by atoms with van der Waals surface area (Å²) >= 11 is 0. The largest absolute Gasteiger partial charge is 0.478 e. The van der Waals surface area contributed by atoms with Gasteiger partial charge in [-0.1, -0.05) is 12.1 Å². The van der Waals surface area contributed by atoms with Crippen molar-refractivity contribution >= 4 is 26.8 Å². The number of carboxylic acids is 1. The van der Waals surface area contributed by atoms with Crippen LogP contribution < -0.4 is 4.72 Å².